The number of anilines is 2. The Bertz CT molecular complexity index is 1170. The number of hydrogen-bond acceptors (Lipinski definition) is 5. The topological polar surface area (TPSA) is 75.4 Å². The molecular formula is C28H31N5O. The van der Waals surface area contributed by atoms with Gasteiger partial charge < -0.3 is 5.73 Å². The smallest absolute Gasteiger partial charge is 0.259 e. The van der Waals surface area contributed by atoms with Crippen molar-refractivity contribution in [2.75, 3.05) is 36.8 Å². The summed E-state index contributed by atoms with van der Waals surface area (Å²) in [5.74, 6) is 0.730. The van der Waals surface area contributed by atoms with Gasteiger partial charge in [-0.3, -0.25) is 14.6 Å². The summed E-state index contributed by atoms with van der Waals surface area (Å²) in [4.78, 5) is 27.0. The average molecular weight is 454 g/mol. The predicted molar refractivity (Wildman–Crippen MR) is 137 cm³/mol. The number of aryl methyl sites for hydroxylation is 1. The van der Waals surface area contributed by atoms with Crippen molar-refractivity contribution < 1.29 is 4.79 Å². The van der Waals surface area contributed by atoms with E-state index in [0.29, 0.717) is 17.8 Å². The normalized spacial score (nSPS) is 15.9. The highest BCUT2D eigenvalue weighted by Gasteiger charge is 2.26. The van der Waals surface area contributed by atoms with Gasteiger partial charge in [0.05, 0.1) is 0 Å². The minimum Gasteiger partial charge on any atom is -0.399 e. The van der Waals surface area contributed by atoms with Crippen molar-refractivity contribution in [2.45, 2.75) is 32.1 Å². The van der Waals surface area contributed by atoms with Gasteiger partial charge in [0.1, 0.15) is 12.1 Å². The lowest BCUT2D eigenvalue weighted by atomic mass is 9.96. The van der Waals surface area contributed by atoms with E-state index in [1.165, 1.54) is 11.1 Å². The van der Waals surface area contributed by atoms with Gasteiger partial charge in [-0.25, -0.2) is 9.97 Å². The largest absolute Gasteiger partial charge is 0.399 e. The lowest BCUT2D eigenvalue weighted by Crippen LogP contribution is -2.41. The quantitative estimate of drug-likeness (QED) is 0.561. The molecule has 0 saturated heterocycles. The molecule has 1 amide bonds. The zero-order chi connectivity index (χ0) is 23.3. The van der Waals surface area contributed by atoms with Crippen molar-refractivity contribution in [1.29, 1.82) is 0 Å². The van der Waals surface area contributed by atoms with E-state index >= 15 is 0 Å². The molecule has 5 rings (SSSR count). The number of carbonyl (C=O) groups excluding carboxylic acids is 1. The van der Waals surface area contributed by atoms with Crippen molar-refractivity contribution in [3.05, 3.63) is 89.4 Å². The summed E-state index contributed by atoms with van der Waals surface area (Å²) in [6.45, 7) is 3.24. The van der Waals surface area contributed by atoms with E-state index in [1.807, 2.05) is 4.90 Å². The van der Waals surface area contributed by atoms with Crippen LogP contribution >= 0.6 is 0 Å². The van der Waals surface area contributed by atoms with E-state index in [4.69, 9.17) is 5.73 Å². The minimum absolute atomic E-state index is 0.0380. The summed E-state index contributed by atoms with van der Waals surface area (Å²) >= 11 is 0. The number of nitrogen functional groups attached to an aromatic ring is 1. The molecule has 0 radical (unpaired) electrons. The highest BCUT2D eigenvalue weighted by Crippen LogP contribution is 2.29. The van der Waals surface area contributed by atoms with Crippen molar-refractivity contribution in [1.82, 2.24) is 14.9 Å². The lowest BCUT2D eigenvalue weighted by Gasteiger charge is -2.31. The van der Waals surface area contributed by atoms with Gasteiger partial charge in [-0.1, -0.05) is 36.4 Å². The van der Waals surface area contributed by atoms with Gasteiger partial charge in [0.2, 0.25) is 0 Å². The Morgan fingerprint density at radius 2 is 1.76 bits per heavy atom. The highest BCUT2D eigenvalue weighted by atomic mass is 16.2. The molecule has 6 nitrogen and oxygen atoms in total. The summed E-state index contributed by atoms with van der Waals surface area (Å²) in [5.41, 5.74) is 12.0. The van der Waals surface area contributed by atoms with E-state index in [2.05, 4.69) is 51.3 Å². The Hall–Kier alpha value is -3.51. The van der Waals surface area contributed by atoms with Gasteiger partial charge in [-0.15, -0.1) is 0 Å². The van der Waals surface area contributed by atoms with Gasteiger partial charge in [0.15, 0.2) is 0 Å². The maximum atomic E-state index is 13.6. The van der Waals surface area contributed by atoms with Crippen molar-refractivity contribution in [2.24, 2.45) is 0 Å². The molecule has 1 aromatic heterocycles. The summed E-state index contributed by atoms with van der Waals surface area (Å²) in [7, 11) is 0. The standard InChI is InChI=1S/C28H31N5O/c29-24-12-10-23(11-13-24)28(34)33(27-25-8-4-5-9-26(25)30-20-31-27)19-18-32-16-14-22(15-17-32)21-6-2-1-3-7-21/h1-3,6-7,10-14,20H,4-5,8-9,15-19,29H2. The van der Waals surface area contributed by atoms with Crippen LogP contribution in [-0.2, 0) is 12.8 Å². The molecule has 2 aliphatic rings. The molecule has 34 heavy (non-hydrogen) atoms. The summed E-state index contributed by atoms with van der Waals surface area (Å²) in [6, 6.07) is 17.7. The minimum atomic E-state index is -0.0380. The van der Waals surface area contributed by atoms with Crippen LogP contribution in [0.15, 0.2) is 67.0 Å². The van der Waals surface area contributed by atoms with Gasteiger partial charge in [0.25, 0.3) is 5.91 Å². The first-order chi connectivity index (χ1) is 16.7. The van der Waals surface area contributed by atoms with Crippen LogP contribution in [0.25, 0.3) is 5.57 Å². The molecule has 2 heterocycles. The van der Waals surface area contributed by atoms with E-state index in [1.54, 1.807) is 30.6 Å². The van der Waals surface area contributed by atoms with Crippen LogP contribution in [0.1, 0.15) is 46.4 Å². The van der Waals surface area contributed by atoms with Gasteiger partial charge in [-0.05, 0) is 67.5 Å². The molecule has 174 valence electrons. The Kier molecular flexibility index (Phi) is 6.67. The Morgan fingerprint density at radius 1 is 0.971 bits per heavy atom. The molecular weight excluding hydrogens is 422 g/mol. The molecule has 2 N–H and O–H groups in total. The molecule has 3 aromatic rings. The zero-order valence-corrected chi connectivity index (χ0v) is 19.5. The van der Waals surface area contributed by atoms with Gasteiger partial charge in [0, 0.05) is 48.7 Å². The predicted octanol–water partition coefficient (Wildman–Crippen LogP) is 4.37. The van der Waals surface area contributed by atoms with Crippen LogP contribution < -0.4 is 10.6 Å². The fourth-order valence-electron chi connectivity index (χ4n) is 4.89. The van der Waals surface area contributed by atoms with Crippen LogP contribution in [0.4, 0.5) is 11.5 Å². The second kappa shape index (κ2) is 10.2. The van der Waals surface area contributed by atoms with Gasteiger partial charge >= 0.3 is 0 Å². The molecule has 0 spiro atoms. The van der Waals surface area contributed by atoms with E-state index in [-0.39, 0.29) is 5.91 Å². The molecule has 0 fully saturated rings. The number of amides is 1. The van der Waals surface area contributed by atoms with Crippen molar-refractivity contribution in [3.8, 4) is 0 Å². The maximum absolute atomic E-state index is 13.6. The molecule has 6 heteroatoms. The molecule has 0 unspecified atom stereocenters. The Morgan fingerprint density at radius 3 is 2.53 bits per heavy atom. The highest BCUT2D eigenvalue weighted by molar-refractivity contribution is 6.06. The van der Waals surface area contributed by atoms with E-state index in [0.717, 1.165) is 68.8 Å². The molecule has 2 aromatic carbocycles. The number of benzene rings is 2. The number of nitrogens with two attached hydrogens (primary N) is 1. The SMILES string of the molecule is Nc1ccc(C(=O)N(CCN2CC=C(c3ccccc3)CC2)c2ncnc3c2CCCC3)cc1. The number of hydrogen-bond donors (Lipinski definition) is 1. The van der Waals surface area contributed by atoms with Gasteiger partial charge in [-0.2, -0.15) is 0 Å². The monoisotopic (exact) mass is 453 g/mol. The third-order valence-corrected chi connectivity index (χ3v) is 6.84. The number of nitrogens with zero attached hydrogens (tertiary/aromatic N) is 4. The van der Waals surface area contributed by atoms with Crippen LogP contribution in [0.2, 0.25) is 0 Å². The lowest BCUT2D eigenvalue weighted by molar-refractivity contribution is 0.0982. The molecule has 1 aliphatic heterocycles. The second-order valence-electron chi connectivity index (χ2n) is 9.05. The second-order valence-corrected chi connectivity index (χ2v) is 9.05. The fraction of sp³-hybridized carbons (Fsp3) is 0.321. The van der Waals surface area contributed by atoms with Crippen molar-refractivity contribution in [3.63, 3.8) is 0 Å². The molecule has 0 atom stereocenters. The number of carbonyl (C=O) groups is 1. The number of rotatable bonds is 6. The third kappa shape index (κ3) is 4.87. The maximum Gasteiger partial charge on any atom is 0.259 e. The number of fused-ring (bicyclic) bond motifs is 1. The molecule has 1 aliphatic carbocycles. The molecule has 0 bridgehead atoms. The summed E-state index contributed by atoms with van der Waals surface area (Å²) < 4.78 is 0. The van der Waals surface area contributed by atoms with E-state index in [9.17, 15) is 4.79 Å². The van der Waals surface area contributed by atoms with Crippen LogP contribution in [0.3, 0.4) is 0 Å². The van der Waals surface area contributed by atoms with E-state index < -0.39 is 0 Å². The fourth-order valence-corrected chi connectivity index (χ4v) is 4.89. The van der Waals surface area contributed by atoms with Crippen LogP contribution in [-0.4, -0.2) is 47.0 Å². The summed E-state index contributed by atoms with van der Waals surface area (Å²) in [6.07, 6.45) is 9.06. The Labute approximate surface area is 201 Å². The average Bonchev–Trinajstić information content (AvgIpc) is 2.90. The Balaban J connectivity index is 1.36. The zero-order valence-electron chi connectivity index (χ0n) is 19.5. The van der Waals surface area contributed by atoms with Crippen molar-refractivity contribution >= 4 is 23.0 Å². The molecule has 0 saturated carbocycles. The first-order valence-corrected chi connectivity index (χ1v) is 12.2. The van der Waals surface area contributed by atoms with Crippen LogP contribution in [0.5, 0.6) is 0 Å². The summed E-state index contributed by atoms with van der Waals surface area (Å²) in [5, 5.41) is 0. The first-order valence-electron chi connectivity index (χ1n) is 12.2. The number of aromatic nitrogens is 2. The third-order valence-electron chi connectivity index (χ3n) is 6.84. The first kappa shape index (κ1) is 22.3. The van der Waals surface area contributed by atoms with Crippen LogP contribution in [0, 0.1) is 0 Å².